The summed E-state index contributed by atoms with van der Waals surface area (Å²) in [5, 5.41) is 0.997. The van der Waals surface area contributed by atoms with Gasteiger partial charge in [-0.05, 0) is 61.6 Å². The Bertz CT molecular complexity index is 1170. The first-order valence-corrected chi connectivity index (χ1v) is 12.6. The van der Waals surface area contributed by atoms with Crippen LogP contribution in [-0.2, 0) is 33.5 Å². The highest BCUT2D eigenvalue weighted by Gasteiger charge is 2.28. The van der Waals surface area contributed by atoms with E-state index < -0.39 is 10.0 Å². The summed E-state index contributed by atoms with van der Waals surface area (Å²) in [5.41, 5.74) is 3.74. The number of rotatable bonds is 7. The average Bonchev–Trinajstić information content (AvgIpc) is 3.20. The third kappa shape index (κ3) is 5.31. The molecular weight excluding hydrogens is 426 g/mol. The molecule has 2 aromatic carbocycles. The average molecular weight is 456 g/mol. The monoisotopic (exact) mass is 455 g/mol. The molecule has 8 heteroatoms. The molecule has 1 atom stereocenters. The molecule has 1 saturated heterocycles. The van der Waals surface area contributed by atoms with Gasteiger partial charge in [0.15, 0.2) is 0 Å². The highest BCUT2D eigenvalue weighted by molar-refractivity contribution is 7.88. The summed E-state index contributed by atoms with van der Waals surface area (Å²) < 4.78 is 31.9. The minimum Gasteiger partial charge on any atom is -0.445 e. The fourth-order valence-corrected chi connectivity index (χ4v) is 5.05. The molecule has 0 saturated carbocycles. The quantitative estimate of drug-likeness (QED) is 0.564. The topological polar surface area (TPSA) is 91.5 Å². The first kappa shape index (κ1) is 22.4. The van der Waals surface area contributed by atoms with Gasteiger partial charge in [-0.25, -0.2) is 17.9 Å². The van der Waals surface area contributed by atoms with Crippen molar-refractivity contribution in [2.45, 2.75) is 44.1 Å². The standard InChI is InChI=1S/C24H29N3O4S/c1-25-32(29,30)17-19-10-11-23-22(13-19)20(15-26-23)14-21-9-5-6-12-27(21)24(28)31-16-18-7-3-2-4-8-18/h2-4,7-8,10-11,13,15,21,25-26H,5-6,9,12,14,16-17H2,1H3/t21-/m1/s1. The Balaban J connectivity index is 1.49. The van der Waals surface area contributed by atoms with Gasteiger partial charge in [0.2, 0.25) is 10.0 Å². The number of benzene rings is 2. The third-order valence-electron chi connectivity index (χ3n) is 6.02. The first-order valence-electron chi connectivity index (χ1n) is 10.9. The lowest BCUT2D eigenvalue weighted by atomic mass is 9.95. The van der Waals surface area contributed by atoms with Gasteiger partial charge in [0.1, 0.15) is 6.61 Å². The molecule has 4 rings (SSSR count). The molecule has 32 heavy (non-hydrogen) atoms. The summed E-state index contributed by atoms with van der Waals surface area (Å²) >= 11 is 0. The molecule has 1 amide bonds. The predicted molar refractivity (Wildman–Crippen MR) is 125 cm³/mol. The fraction of sp³-hybridized carbons (Fsp3) is 0.375. The zero-order chi connectivity index (χ0) is 22.6. The van der Waals surface area contributed by atoms with Crippen LogP contribution in [0.1, 0.15) is 36.0 Å². The minimum atomic E-state index is -3.34. The van der Waals surface area contributed by atoms with E-state index in [1.54, 1.807) is 0 Å². The van der Waals surface area contributed by atoms with Gasteiger partial charge in [0, 0.05) is 29.7 Å². The number of amides is 1. The van der Waals surface area contributed by atoms with Crippen molar-refractivity contribution in [3.05, 3.63) is 71.4 Å². The molecule has 0 bridgehead atoms. The van der Waals surface area contributed by atoms with Gasteiger partial charge in [-0.15, -0.1) is 0 Å². The molecule has 7 nitrogen and oxygen atoms in total. The molecule has 1 aromatic heterocycles. The highest BCUT2D eigenvalue weighted by Crippen LogP contribution is 2.27. The normalized spacial score (nSPS) is 16.9. The lowest BCUT2D eigenvalue weighted by molar-refractivity contribution is 0.0682. The summed E-state index contributed by atoms with van der Waals surface area (Å²) in [4.78, 5) is 18.0. The molecule has 1 aliphatic rings. The van der Waals surface area contributed by atoms with Crippen LogP contribution in [0, 0.1) is 0 Å². The second-order valence-corrected chi connectivity index (χ2v) is 10.2. The van der Waals surface area contributed by atoms with E-state index >= 15 is 0 Å². The molecule has 2 N–H and O–H groups in total. The Kier molecular flexibility index (Phi) is 6.81. The van der Waals surface area contributed by atoms with E-state index in [1.165, 1.54) is 7.05 Å². The maximum absolute atomic E-state index is 12.8. The maximum Gasteiger partial charge on any atom is 0.410 e. The number of hydrogen-bond donors (Lipinski definition) is 2. The van der Waals surface area contributed by atoms with Crippen LogP contribution in [0.25, 0.3) is 10.9 Å². The van der Waals surface area contributed by atoms with Gasteiger partial charge in [-0.1, -0.05) is 36.4 Å². The number of nitrogens with zero attached hydrogens (tertiary/aromatic N) is 1. The number of fused-ring (bicyclic) bond motifs is 1. The second kappa shape index (κ2) is 9.75. The Labute approximate surface area is 188 Å². The zero-order valence-corrected chi connectivity index (χ0v) is 19.0. The van der Waals surface area contributed by atoms with E-state index in [9.17, 15) is 13.2 Å². The molecule has 0 aliphatic carbocycles. The number of ether oxygens (including phenoxy) is 1. The van der Waals surface area contributed by atoms with Crippen molar-refractivity contribution >= 4 is 27.0 Å². The van der Waals surface area contributed by atoms with Crippen LogP contribution in [0.4, 0.5) is 4.79 Å². The van der Waals surface area contributed by atoms with Crippen molar-refractivity contribution in [3.63, 3.8) is 0 Å². The van der Waals surface area contributed by atoms with E-state index in [0.717, 1.165) is 46.9 Å². The largest absolute Gasteiger partial charge is 0.445 e. The van der Waals surface area contributed by atoms with Crippen LogP contribution in [0.5, 0.6) is 0 Å². The van der Waals surface area contributed by atoms with Gasteiger partial charge in [-0.2, -0.15) is 0 Å². The predicted octanol–water partition coefficient (Wildman–Crippen LogP) is 3.95. The Morgan fingerprint density at radius 2 is 1.97 bits per heavy atom. The van der Waals surface area contributed by atoms with Gasteiger partial charge in [0.05, 0.1) is 5.75 Å². The van der Waals surface area contributed by atoms with E-state index in [2.05, 4.69) is 9.71 Å². The van der Waals surface area contributed by atoms with Crippen molar-refractivity contribution in [1.82, 2.24) is 14.6 Å². The van der Waals surface area contributed by atoms with Crippen molar-refractivity contribution in [2.75, 3.05) is 13.6 Å². The van der Waals surface area contributed by atoms with Crippen LogP contribution < -0.4 is 4.72 Å². The van der Waals surface area contributed by atoms with Crippen LogP contribution in [0.15, 0.2) is 54.7 Å². The summed E-state index contributed by atoms with van der Waals surface area (Å²) in [6, 6.07) is 15.4. The van der Waals surface area contributed by atoms with Crippen molar-refractivity contribution < 1.29 is 17.9 Å². The Morgan fingerprint density at radius 1 is 1.16 bits per heavy atom. The molecular formula is C24H29N3O4S. The molecule has 0 spiro atoms. The van der Waals surface area contributed by atoms with Crippen molar-refractivity contribution in [3.8, 4) is 0 Å². The van der Waals surface area contributed by atoms with Crippen LogP contribution in [0.2, 0.25) is 0 Å². The van der Waals surface area contributed by atoms with Gasteiger partial charge in [-0.3, -0.25) is 0 Å². The van der Waals surface area contributed by atoms with Gasteiger partial charge >= 0.3 is 6.09 Å². The molecule has 3 aromatic rings. The maximum atomic E-state index is 12.8. The smallest absolute Gasteiger partial charge is 0.410 e. The van der Waals surface area contributed by atoms with Crippen molar-refractivity contribution in [2.24, 2.45) is 0 Å². The Morgan fingerprint density at radius 3 is 2.75 bits per heavy atom. The summed E-state index contributed by atoms with van der Waals surface area (Å²) in [7, 11) is -1.92. The second-order valence-electron chi connectivity index (χ2n) is 8.24. The lowest BCUT2D eigenvalue weighted by Crippen LogP contribution is -2.45. The number of nitrogens with one attached hydrogen (secondary N) is 2. The number of carbonyl (C=O) groups excluding carboxylic acids is 1. The number of carbonyl (C=O) groups is 1. The van der Waals surface area contributed by atoms with Crippen LogP contribution in [0.3, 0.4) is 0 Å². The number of aromatic nitrogens is 1. The molecule has 1 aliphatic heterocycles. The van der Waals surface area contributed by atoms with E-state index in [4.69, 9.17) is 4.74 Å². The summed E-state index contributed by atoms with van der Waals surface area (Å²) in [5.74, 6) is -0.0641. The van der Waals surface area contributed by atoms with Crippen LogP contribution >= 0.6 is 0 Å². The highest BCUT2D eigenvalue weighted by atomic mass is 32.2. The third-order valence-corrected chi connectivity index (χ3v) is 7.36. The molecule has 1 fully saturated rings. The summed E-state index contributed by atoms with van der Waals surface area (Å²) in [6.45, 7) is 0.950. The number of sulfonamides is 1. The van der Waals surface area contributed by atoms with Gasteiger partial charge < -0.3 is 14.6 Å². The van der Waals surface area contributed by atoms with Crippen LogP contribution in [-0.4, -0.2) is 44.0 Å². The Hall–Kier alpha value is -2.84. The molecule has 0 unspecified atom stereocenters. The van der Waals surface area contributed by atoms with Crippen molar-refractivity contribution in [1.29, 1.82) is 0 Å². The molecule has 0 radical (unpaired) electrons. The van der Waals surface area contributed by atoms with E-state index in [1.807, 2.05) is 59.6 Å². The SMILES string of the molecule is CNS(=O)(=O)Cc1ccc2[nH]cc(C[C@H]3CCCCN3C(=O)OCc3ccccc3)c2c1. The fourth-order valence-electron chi connectivity index (χ4n) is 4.29. The lowest BCUT2D eigenvalue weighted by Gasteiger charge is -2.35. The first-order chi connectivity index (χ1) is 15.4. The van der Waals surface area contributed by atoms with Gasteiger partial charge in [0.25, 0.3) is 0 Å². The molecule has 170 valence electrons. The zero-order valence-electron chi connectivity index (χ0n) is 18.2. The van der Waals surface area contributed by atoms with E-state index in [-0.39, 0.29) is 24.5 Å². The number of piperidine rings is 1. The summed E-state index contributed by atoms with van der Waals surface area (Å²) in [6.07, 6.45) is 5.34. The van der Waals surface area contributed by atoms with E-state index in [0.29, 0.717) is 13.0 Å². The molecule has 2 heterocycles. The number of aromatic amines is 1. The minimum absolute atomic E-state index is 0.0516. The number of hydrogen-bond acceptors (Lipinski definition) is 4. The number of H-pyrrole nitrogens is 1. The number of likely N-dealkylation sites (tertiary alicyclic amines) is 1.